The van der Waals surface area contributed by atoms with Crippen LogP contribution in [0.3, 0.4) is 0 Å². The number of nitrogens with one attached hydrogen (secondary N) is 1. The molecule has 4 N–H and O–H groups in total. The van der Waals surface area contributed by atoms with Crippen LogP contribution in [0.4, 0.5) is 0 Å². The van der Waals surface area contributed by atoms with Crippen LogP contribution < -0.4 is 11.1 Å². The lowest BCUT2D eigenvalue weighted by atomic mass is 10.0. The first kappa shape index (κ1) is 14.7. The van der Waals surface area contributed by atoms with Gasteiger partial charge in [0.15, 0.2) is 5.84 Å². The maximum absolute atomic E-state index is 11.8. The Hall–Kier alpha value is -1.26. The van der Waals surface area contributed by atoms with Crippen LogP contribution in [0.25, 0.3) is 0 Å². The summed E-state index contributed by atoms with van der Waals surface area (Å²) < 4.78 is 0. The van der Waals surface area contributed by atoms with Gasteiger partial charge in [-0.25, -0.2) is 0 Å². The van der Waals surface area contributed by atoms with Crippen molar-refractivity contribution in [2.45, 2.75) is 52.5 Å². The number of rotatable bonds is 7. The molecule has 0 aliphatic heterocycles. The van der Waals surface area contributed by atoms with Crippen LogP contribution in [-0.4, -0.2) is 23.0 Å². The molecule has 0 aromatic carbocycles. The Morgan fingerprint density at radius 2 is 2.00 bits per heavy atom. The second-order valence-corrected chi connectivity index (χ2v) is 3.89. The summed E-state index contributed by atoms with van der Waals surface area (Å²) in [6.07, 6.45) is 3.41. The number of nitrogens with zero attached hydrogens (tertiary/aromatic N) is 1. The fraction of sp³-hybridized carbons (Fsp3) is 0.818. The zero-order valence-electron chi connectivity index (χ0n) is 10.4. The van der Waals surface area contributed by atoms with E-state index in [1.54, 1.807) is 0 Å². The van der Waals surface area contributed by atoms with Crippen molar-refractivity contribution in [3.05, 3.63) is 0 Å². The molecule has 0 radical (unpaired) electrons. The van der Waals surface area contributed by atoms with Gasteiger partial charge >= 0.3 is 0 Å². The number of hydrogen-bond acceptors (Lipinski definition) is 3. The van der Waals surface area contributed by atoms with Crippen LogP contribution in [0.1, 0.15) is 46.5 Å². The Kier molecular flexibility index (Phi) is 7.33. The Balaban J connectivity index is 4.40. The molecule has 5 nitrogen and oxygen atoms in total. The van der Waals surface area contributed by atoms with Crippen LogP contribution in [0.15, 0.2) is 5.16 Å². The van der Waals surface area contributed by atoms with Gasteiger partial charge in [-0.2, -0.15) is 0 Å². The summed E-state index contributed by atoms with van der Waals surface area (Å²) in [5.74, 6) is -0.708. The maximum atomic E-state index is 11.8. The van der Waals surface area contributed by atoms with E-state index < -0.39 is 5.92 Å². The van der Waals surface area contributed by atoms with E-state index in [1.807, 2.05) is 13.8 Å². The molecular weight excluding hydrogens is 206 g/mol. The van der Waals surface area contributed by atoms with E-state index >= 15 is 0 Å². The van der Waals surface area contributed by atoms with Crippen molar-refractivity contribution in [1.29, 1.82) is 0 Å². The van der Waals surface area contributed by atoms with Gasteiger partial charge in [0.2, 0.25) is 5.91 Å². The van der Waals surface area contributed by atoms with Gasteiger partial charge < -0.3 is 16.3 Å². The summed E-state index contributed by atoms with van der Waals surface area (Å²) in [6.45, 7) is 5.95. The molecule has 0 saturated carbocycles. The van der Waals surface area contributed by atoms with E-state index in [4.69, 9.17) is 10.9 Å². The predicted octanol–water partition coefficient (Wildman–Crippen LogP) is 1.45. The van der Waals surface area contributed by atoms with Crippen LogP contribution in [-0.2, 0) is 4.79 Å². The van der Waals surface area contributed by atoms with Crippen molar-refractivity contribution >= 4 is 11.7 Å². The number of amidine groups is 1. The molecule has 94 valence electrons. The van der Waals surface area contributed by atoms with Crippen molar-refractivity contribution in [3.63, 3.8) is 0 Å². The summed E-state index contributed by atoms with van der Waals surface area (Å²) >= 11 is 0. The summed E-state index contributed by atoms with van der Waals surface area (Å²) in [5.41, 5.74) is 5.46. The Labute approximate surface area is 97.1 Å². The average molecular weight is 229 g/mol. The molecule has 0 heterocycles. The van der Waals surface area contributed by atoms with Gasteiger partial charge in [-0.05, 0) is 19.3 Å². The molecule has 0 aromatic heterocycles. The highest BCUT2D eigenvalue weighted by molar-refractivity contribution is 6.02. The fourth-order valence-electron chi connectivity index (χ4n) is 1.63. The highest BCUT2D eigenvalue weighted by Gasteiger charge is 2.22. The smallest absolute Gasteiger partial charge is 0.231 e. The van der Waals surface area contributed by atoms with Crippen molar-refractivity contribution < 1.29 is 10.0 Å². The van der Waals surface area contributed by atoms with Crippen LogP contribution in [0.5, 0.6) is 0 Å². The standard InChI is InChI=1S/C11H23N3O2/c1-4-7-8(5-2)13-11(15)9(6-3)10(12)14-16/h8-9,16H,4-7H2,1-3H3,(H2,12,14)(H,13,15). The monoisotopic (exact) mass is 229 g/mol. The molecule has 0 aromatic rings. The van der Waals surface area contributed by atoms with E-state index in [0.29, 0.717) is 6.42 Å². The second-order valence-electron chi connectivity index (χ2n) is 3.89. The summed E-state index contributed by atoms with van der Waals surface area (Å²) in [6, 6.07) is 0.179. The van der Waals surface area contributed by atoms with Gasteiger partial charge in [-0.1, -0.05) is 32.3 Å². The third-order valence-electron chi connectivity index (χ3n) is 2.67. The number of nitrogens with two attached hydrogens (primary N) is 1. The minimum atomic E-state index is -0.532. The summed E-state index contributed by atoms with van der Waals surface area (Å²) in [5, 5.41) is 14.4. The summed E-state index contributed by atoms with van der Waals surface area (Å²) in [7, 11) is 0. The molecule has 0 aliphatic carbocycles. The number of carbonyl (C=O) groups is 1. The second kappa shape index (κ2) is 7.96. The lowest BCUT2D eigenvalue weighted by Gasteiger charge is -2.20. The van der Waals surface area contributed by atoms with Gasteiger partial charge in [0.1, 0.15) is 0 Å². The van der Waals surface area contributed by atoms with Crippen LogP contribution in [0.2, 0.25) is 0 Å². The summed E-state index contributed by atoms with van der Waals surface area (Å²) in [4.78, 5) is 11.8. The first-order chi connectivity index (χ1) is 7.60. The number of oxime groups is 1. The lowest BCUT2D eigenvalue weighted by Crippen LogP contribution is -2.43. The van der Waals surface area contributed by atoms with E-state index in [1.165, 1.54) is 0 Å². The predicted molar refractivity (Wildman–Crippen MR) is 64.3 cm³/mol. The van der Waals surface area contributed by atoms with E-state index in [-0.39, 0.29) is 17.8 Å². The van der Waals surface area contributed by atoms with Crippen LogP contribution >= 0.6 is 0 Å². The van der Waals surface area contributed by atoms with Crippen LogP contribution in [0, 0.1) is 5.92 Å². The molecule has 0 aliphatic rings. The van der Waals surface area contributed by atoms with Gasteiger partial charge in [-0.15, -0.1) is 0 Å². The number of amides is 1. The zero-order chi connectivity index (χ0) is 12.6. The molecule has 2 atom stereocenters. The molecule has 16 heavy (non-hydrogen) atoms. The fourth-order valence-corrected chi connectivity index (χ4v) is 1.63. The first-order valence-electron chi connectivity index (χ1n) is 5.88. The minimum Gasteiger partial charge on any atom is -0.409 e. The normalized spacial score (nSPS) is 15.6. The molecule has 0 spiro atoms. The highest BCUT2D eigenvalue weighted by atomic mass is 16.4. The molecule has 1 amide bonds. The molecular formula is C11H23N3O2. The third-order valence-corrected chi connectivity index (χ3v) is 2.67. The molecule has 0 rings (SSSR count). The average Bonchev–Trinajstić information content (AvgIpc) is 2.29. The van der Waals surface area contributed by atoms with Gasteiger partial charge in [0.05, 0.1) is 5.92 Å². The number of hydrogen-bond donors (Lipinski definition) is 3. The van der Waals surface area contributed by atoms with Gasteiger partial charge in [0, 0.05) is 6.04 Å². The maximum Gasteiger partial charge on any atom is 0.231 e. The van der Waals surface area contributed by atoms with E-state index in [2.05, 4.69) is 17.4 Å². The van der Waals surface area contributed by atoms with Gasteiger partial charge in [-0.3, -0.25) is 4.79 Å². The Morgan fingerprint density at radius 3 is 2.38 bits per heavy atom. The largest absolute Gasteiger partial charge is 0.409 e. The highest BCUT2D eigenvalue weighted by Crippen LogP contribution is 2.07. The van der Waals surface area contributed by atoms with Gasteiger partial charge in [0.25, 0.3) is 0 Å². The topological polar surface area (TPSA) is 87.7 Å². The molecule has 5 heteroatoms. The zero-order valence-corrected chi connectivity index (χ0v) is 10.4. The van der Waals surface area contributed by atoms with Crippen molar-refractivity contribution in [2.24, 2.45) is 16.8 Å². The Morgan fingerprint density at radius 1 is 1.38 bits per heavy atom. The van der Waals surface area contributed by atoms with E-state index in [0.717, 1.165) is 19.3 Å². The molecule has 0 fully saturated rings. The first-order valence-corrected chi connectivity index (χ1v) is 5.88. The SMILES string of the molecule is CCCC(CC)NC(=O)C(CC)C(N)=NO. The third kappa shape index (κ3) is 4.51. The quantitative estimate of drug-likeness (QED) is 0.267. The Bertz CT molecular complexity index is 241. The number of carbonyl (C=O) groups excluding carboxylic acids is 1. The van der Waals surface area contributed by atoms with Crippen molar-refractivity contribution in [3.8, 4) is 0 Å². The molecule has 2 unspecified atom stereocenters. The van der Waals surface area contributed by atoms with Crippen molar-refractivity contribution in [1.82, 2.24) is 5.32 Å². The minimum absolute atomic E-state index is 0.0219. The molecule has 0 bridgehead atoms. The molecule has 0 saturated heterocycles. The lowest BCUT2D eigenvalue weighted by molar-refractivity contribution is -0.123. The van der Waals surface area contributed by atoms with E-state index in [9.17, 15) is 4.79 Å². The van der Waals surface area contributed by atoms with Crippen molar-refractivity contribution in [2.75, 3.05) is 0 Å².